The van der Waals surface area contributed by atoms with Crippen LogP contribution in [0.2, 0.25) is 0 Å². The van der Waals surface area contributed by atoms with E-state index in [9.17, 15) is 0 Å². The molecule has 0 unspecified atom stereocenters. The smallest absolute Gasteiger partial charge is 0.0681 e. The quantitative estimate of drug-likeness (QED) is 0.681. The van der Waals surface area contributed by atoms with Gasteiger partial charge in [-0.25, -0.2) is 0 Å². The first-order valence-electron chi connectivity index (χ1n) is 5.70. The van der Waals surface area contributed by atoms with Crippen molar-refractivity contribution in [1.29, 1.82) is 0 Å². The Morgan fingerprint density at radius 1 is 1.06 bits per heavy atom. The first kappa shape index (κ1) is 13.2. The van der Waals surface area contributed by atoms with Gasteiger partial charge in [-0.3, -0.25) is 0 Å². The van der Waals surface area contributed by atoms with E-state index in [2.05, 4.69) is 19.2 Å². The van der Waals surface area contributed by atoms with Crippen molar-refractivity contribution >= 4 is 0 Å². The summed E-state index contributed by atoms with van der Waals surface area (Å²) < 4.78 is 0. The first-order chi connectivity index (χ1) is 7.67. The molecule has 0 aliphatic heterocycles. The number of aliphatic hydroxyl groups excluding tert-OH is 2. The fourth-order valence-corrected chi connectivity index (χ4v) is 1.52. The first-order valence-corrected chi connectivity index (χ1v) is 5.70. The van der Waals surface area contributed by atoms with Crippen LogP contribution in [-0.4, -0.2) is 22.9 Å². The fraction of sp³-hybridized carbons (Fsp3) is 0.538. The van der Waals surface area contributed by atoms with Crippen molar-refractivity contribution in [2.45, 2.75) is 33.0 Å². The Morgan fingerprint density at radius 3 is 2.06 bits per heavy atom. The lowest BCUT2D eigenvalue weighted by molar-refractivity contribution is 0.210. The average molecular weight is 223 g/mol. The van der Waals surface area contributed by atoms with Gasteiger partial charge in [-0.05, 0) is 17.0 Å². The average Bonchev–Trinajstić information content (AvgIpc) is 2.30. The van der Waals surface area contributed by atoms with E-state index in [0.717, 1.165) is 17.7 Å². The molecular weight excluding hydrogens is 202 g/mol. The summed E-state index contributed by atoms with van der Waals surface area (Å²) in [6.07, 6.45) is 0. The molecule has 0 amide bonds. The van der Waals surface area contributed by atoms with Crippen LogP contribution >= 0.6 is 0 Å². The lowest BCUT2D eigenvalue weighted by Gasteiger charge is -2.19. The Balaban J connectivity index is 2.47. The molecule has 90 valence electrons. The molecule has 0 bridgehead atoms. The monoisotopic (exact) mass is 223 g/mol. The van der Waals surface area contributed by atoms with Crippen molar-refractivity contribution in [2.24, 2.45) is 5.92 Å². The van der Waals surface area contributed by atoms with E-state index in [1.165, 1.54) is 0 Å². The normalized spacial score (nSPS) is 13.1. The van der Waals surface area contributed by atoms with Crippen LogP contribution in [-0.2, 0) is 13.2 Å². The van der Waals surface area contributed by atoms with E-state index in [0.29, 0.717) is 5.92 Å². The topological polar surface area (TPSA) is 52.5 Å². The van der Waals surface area contributed by atoms with Gasteiger partial charge in [0.05, 0.1) is 13.2 Å². The number of hydrogen-bond donors (Lipinski definition) is 3. The molecule has 3 N–H and O–H groups in total. The van der Waals surface area contributed by atoms with Crippen molar-refractivity contribution in [3.8, 4) is 0 Å². The molecule has 0 aromatic heterocycles. The summed E-state index contributed by atoms with van der Waals surface area (Å²) in [6.45, 7) is 5.16. The Hall–Kier alpha value is -0.900. The Bertz CT molecular complexity index is 295. The van der Waals surface area contributed by atoms with Crippen molar-refractivity contribution < 1.29 is 10.2 Å². The number of benzene rings is 1. The van der Waals surface area contributed by atoms with Gasteiger partial charge in [0.25, 0.3) is 0 Å². The van der Waals surface area contributed by atoms with Gasteiger partial charge in [0.15, 0.2) is 0 Å². The van der Waals surface area contributed by atoms with Gasteiger partial charge in [0, 0.05) is 12.6 Å². The van der Waals surface area contributed by atoms with Crippen LogP contribution in [0.4, 0.5) is 0 Å². The molecule has 1 atom stereocenters. The molecule has 3 nitrogen and oxygen atoms in total. The molecule has 0 heterocycles. The molecule has 0 aliphatic rings. The zero-order valence-corrected chi connectivity index (χ0v) is 9.98. The molecule has 0 saturated carbocycles. The number of aliphatic hydroxyl groups is 2. The van der Waals surface area contributed by atoms with Gasteiger partial charge < -0.3 is 15.5 Å². The summed E-state index contributed by atoms with van der Waals surface area (Å²) in [7, 11) is 0. The second kappa shape index (κ2) is 6.63. The van der Waals surface area contributed by atoms with Crippen LogP contribution in [0.3, 0.4) is 0 Å². The van der Waals surface area contributed by atoms with Crippen molar-refractivity contribution in [3.63, 3.8) is 0 Å². The Morgan fingerprint density at radius 2 is 1.62 bits per heavy atom. The third-order valence-corrected chi connectivity index (χ3v) is 2.78. The van der Waals surface area contributed by atoms with Crippen LogP contribution in [0.5, 0.6) is 0 Å². The predicted octanol–water partition coefficient (Wildman–Crippen LogP) is 1.29. The van der Waals surface area contributed by atoms with Gasteiger partial charge in [0.2, 0.25) is 0 Å². The Kier molecular flexibility index (Phi) is 5.46. The molecular formula is C13H21NO2. The second-order valence-electron chi connectivity index (χ2n) is 4.39. The third kappa shape index (κ3) is 3.93. The molecule has 1 aromatic carbocycles. The number of hydrogen-bond acceptors (Lipinski definition) is 3. The summed E-state index contributed by atoms with van der Waals surface area (Å²) in [6, 6.07) is 7.96. The lowest BCUT2D eigenvalue weighted by Crippen LogP contribution is -2.36. The third-order valence-electron chi connectivity index (χ3n) is 2.78. The van der Waals surface area contributed by atoms with Crippen LogP contribution in [0.25, 0.3) is 0 Å². The standard InChI is InChI=1S/C13H21NO2/c1-10(2)13(9-16)14-7-11-3-5-12(8-15)6-4-11/h3-6,10,13-16H,7-9H2,1-2H3/t13-/m1/s1. The van der Waals surface area contributed by atoms with Crippen LogP contribution in [0, 0.1) is 5.92 Å². The zero-order valence-electron chi connectivity index (χ0n) is 9.98. The van der Waals surface area contributed by atoms with Crippen molar-refractivity contribution in [2.75, 3.05) is 6.61 Å². The van der Waals surface area contributed by atoms with E-state index in [1.807, 2.05) is 24.3 Å². The largest absolute Gasteiger partial charge is 0.395 e. The van der Waals surface area contributed by atoms with Gasteiger partial charge in [-0.15, -0.1) is 0 Å². The maximum absolute atomic E-state index is 9.16. The van der Waals surface area contributed by atoms with E-state index in [4.69, 9.17) is 10.2 Å². The summed E-state index contributed by atoms with van der Waals surface area (Å²) in [5.74, 6) is 0.418. The summed E-state index contributed by atoms with van der Waals surface area (Å²) in [4.78, 5) is 0. The highest BCUT2D eigenvalue weighted by Crippen LogP contribution is 2.06. The zero-order chi connectivity index (χ0) is 12.0. The van der Waals surface area contributed by atoms with E-state index in [1.54, 1.807) is 0 Å². The van der Waals surface area contributed by atoms with E-state index >= 15 is 0 Å². The van der Waals surface area contributed by atoms with Crippen molar-refractivity contribution in [3.05, 3.63) is 35.4 Å². The highest BCUT2D eigenvalue weighted by molar-refractivity contribution is 5.21. The highest BCUT2D eigenvalue weighted by Gasteiger charge is 2.10. The number of rotatable bonds is 6. The predicted molar refractivity (Wildman–Crippen MR) is 64.9 cm³/mol. The SMILES string of the molecule is CC(C)[C@@H](CO)NCc1ccc(CO)cc1. The maximum atomic E-state index is 9.16. The lowest BCUT2D eigenvalue weighted by atomic mass is 10.0. The van der Waals surface area contributed by atoms with E-state index in [-0.39, 0.29) is 19.3 Å². The molecule has 0 saturated heterocycles. The second-order valence-corrected chi connectivity index (χ2v) is 4.39. The molecule has 0 fully saturated rings. The van der Waals surface area contributed by atoms with Crippen LogP contribution < -0.4 is 5.32 Å². The van der Waals surface area contributed by atoms with Crippen molar-refractivity contribution in [1.82, 2.24) is 5.32 Å². The number of nitrogens with one attached hydrogen (secondary N) is 1. The van der Waals surface area contributed by atoms with Gasteiger partial charge >= 0.3 is 0 Å². The van der Waals surface area contributed by atoms with Gasteiger partial charge in [0.1, 0.15) is 0 Å². The molecule has 1 aromatic rings. The van der Waals surface area contributed by atoms with Gasteiger partial charge in [-0.2, -0.15) is 0 Å². The van der Waals surface area contributed by atoms with Crippen LogP contribution in [0.1, 0.15) is 25.0 Å². The molecule has 0 spiro atoms. The molecule has 1 rings (SSSR count). The molecule has 3 heteroatoms. The van der Waals surface area contributed by atoms with Gasteiger partial charge in [-0.1, -0.05) is 38.1 Å². The summed E-state index contributed by atoms with van der Waals surface area (Å²) in [5.41, 5.74) is 2.09. The highest BCUT2D eigenvalue weighted by atomic mass is 16.3. The minimum Gasteiger partial charge on any atom is -0.395 e. The molecule has 0 radical (unpaired) electrons. The minimum atomic E-state index is 0.0823. The Labute approximate surface area is 97.1 Å². The van der Waals surface area contributed by atoms with Crippen LogP contribution in [0.15, 0.2) is 24.3 Å². The maximum Gasteiger partial charge on any atom is 0.0681 e. The molecule has 0 aliphatic carbocycles. The minimum absolute atomic E-state index is 0.0823. The summed E-state index contributed by atoms with van der Waals surface area (Å²) in [5, 5.41) is 21.4. The van der Waals surface area contributed by atoms with E-state index < -0.39 is 0 Å². The molecule has 16 heavy (non-hydrogen) atoms. The fourth-order valence-electron chi connectivity index (χ4n) is 1.52. The summed E-state index contributed by atoms with van der Waals surface area (Å²) >= 11 is 0.